The molecule has 1 saturated heterocycles. The molecule has 1 aliphatic heterocycles. The van der Waals surface area contributed by atoms with Gasteiger partial charge >= 0.3 is 24.1 Å². The van der Waals surface area contributed by atoms with Gasteiger partial charge < -0.3 is 43.0 Å². The van der Waals surface area contributed by atoms with Gasteiger partial charge in [-0.2, -0.15) is 0 Å². The van der Waals surface area contributed by atoms with Gasteiger partial charge in [0.1, 0.15) is 70.4 Å². The summed E-state index contributed by atoms with van der Waals surface area (Å²) >= 11 is 0. The number of esters is 2. The molecule has 4 aromatic rings. The van der Waals surface area contributed by atoms with Gasteiger partial charge in [-0.15, -0.1) is 0 Å². The van der Waals surface area contributed by atoms with E-state index in [4.69, 9.17) is 28.1 Å². The summed E-state index contributed by atoms with van der Waals surface area (Å²) in [6.07, 6.45) is -3.59. The lowest BCUT2D eigenvalue weighted by Gasteiger charge is -2.47. The van der Waals surface area contributed by atoms with E-state index in [1.54, 1.807) is 0 Å². The second kappa shape index (κ2) is 32.3. The zero-order chi connectivity index (χ0) is 66.3. The second-order valence-corrected chi connectivity index (χ2v) is 30.3. The van der Waals surface area contributed by atoms with E-state index >= 15 is 0 Å². The molecule has 1 heterocycles. The first-order valence-corrected chi connectivity index (χ1v) is 35.7. The van der Waals surface area contributed by atoms with Crippen molar-refractivity contribution in [1.29, 1.82) is 0 Å². The lowest BCUT2D eigenvalue weighted by Crippen LogP contribution is -2.62. The molecule has 5 atom stereocenters. The Morgan fingerprint density at radius 3 is 1.27 bits per heavy atom. The predicted octanol–water partition coefficient (Wildman–Crippen LogP) is 13.1. The molecule has 0 saturated carbocycles. The molecule has 4 amide bonds. The molecule has 0 spiro atoms. The number of benzene rings is 4. The smallest absolute Gasteiger partial charge is 0.410 e. The molecule has 7 rings (SSSR count). The summed E-state index contributed by atoms with van der Waals surface area (Å²) in [6.45, 7) is 22.8. The van der Waals surface area contributed by atoms with Crippen LogP contribution in [0.25, 0.3) is 32.7 Å². The van der Waals surface area contributed by atoms with Crippen molar-refractivity contribution in [2.75, 3.05) is 46.0 Å². The van der Waals surface area contributed by atoms with Crippen LogP contribution in [0.2, 0.25) is 18.1 Å². The van der Waals surface area contributed by atoms with Crippen LogP contribution in [-0.2, 0) is 47.3 Å². The van der Waals surface area contributed by atoms with Crippen LogP contribution >= 0.6 is 0 Å². The van der Waals surface area contributed by atoms with E-state index in [0.717, 1.165) is 44.5 Å². The van der Waals surface area contributed by atoms with E-state index < -0.39 is 124 Å². The minimum absolute atomic E-state index is 0.00774. The van der Waals surface area contributed by atoms with E-state index in [2.05, 4.69) is 22.2 Å². The van der Waals surface area contributed by atoms with Gasteiger partial charge in [-0.25, -0.2) is 9.59 Å². The number of hydrogen-bond donors (Lipinski definition) is 1. The maximum atomic E-state index is 14.9. The molecule has 2 aliphatic carbocycles. The maximum Gasteiger partial charge on any atom is 0.410 e. The number of hydrogen-bond acceptors (Lipinski definition) is 14. The zero-order valence-electron chi connectivity index (χ0n) is 55.7. The molecule has 0 aromatic heterocycles. The molecule has 0 unspecified atom stereocenters. The molecule has 20 nitrogen and oxygen atoms in total. The first-order chi connectivity index (χ1) is 43.5. The van der Waals surface area contributed by atoms with Crippen LogP contribution in [-0.4, -0.2) is 170 Å². The van der Waals surface area contributed by atoms with Crippen molar-refractivity contribution in [2.24, 2.45) is 5.11 Å². The number of ether oxygens (including phenoxy) is 5. The molecule has 3 aliphatic rings. The lowest BCUT2D eigenvalue weighted by atomic mass is 9.97. The zero-order valence-corrected chi connectivity index (χ0v) is 56.7. The van der Waals surface area contributed by atoms with Crippen molar-refractivity contribution in [3.05, 3.63) is 130 Å². The Morgan fingerprint density at radius 2 is 0.890 bits per heavy atom. The van der Waals surface area contributed by atoms with Crippen molar-refractivity contribution in [1.82, 2.24) is 19.6 Å². The number of rotatable bonds is 30. The second-order valence-electron chi connectivity index (χ2n) is 25.5. The van der Waals surface area contributed by atoms with Crippen LogP contribution < -0.4 is 0 Å². The van der Waals surface area contributed by atoms with Crippen molar-refractivity contribution < 1.29 is 62.0 Å². The third kappa shape index (κ3) is 16.5. The van der Waals surface area contributed by atoms with E-state index in [9.17, 15) is 39.4 Å². The minimum atomic E-state index is -2.81. The Bertz CT molecular complexity index is 3100. The fraction of sp³-hybridized carbons (Fsp3) is 0.571. The molecular weight excluding hydrogens is 1170 g/mol. The highest BCUT2D eigenvalue weighted by Crippen LogP contribution is 2.46. The van der Waals surface area contributed by atoms with E-state index in [1.165, 1.54) is 19.6 Å². The highest BCUT2D eigenvalue weighted by atomic mass is 28.4. The van der Waals surface area contributed by atoms with Gasteiger partial charge in [-0.3, -0.25) is 29.0 Å². The third-order valence-corrected chi connectivity index (χ3v) is 23.7. The van der Waals surface area contributed by atoms with Gasteiger partial charge in [-0.1, -0.05) is 178 Å². The van der Waals surface area contributed by atoms with Crippen LogP contribution in [0.3, 0.4) is 0 Å². The van der Waals surface area contributed by atoms with Crippen molar-refractivity contribution in [3.63, 3.8) is 0 Å². The molecule has 91 heavy (non-hydrogen) atoms. The SMILES string of the molecule is CCC(CC)N(CC(=O)OC[C@H]1O[C@@H](O[Si](C)(C)C(C)(C)C)[C@H](N=[N+]=[N-])[C@@H](OC(=O)CN(C(=O)OCC2c3ccccc3-c3ccccc32)C(CC)CC)[C@H]1O)C(=O)CN(C(=O)CN(C(=O)OCC1c2ccccc2-c2ccccc21)C(CC)CC)C(CC)CC. The quantitative estimate of drug-likeness (QED) is 0.0128. The Morgan fingerprint density at radius 1 is 0.538 bits per heavy atom. The minimum Gasteiger partial charge on any atom is -0.461 e. The lowest BCUT2D eigenvalue weighted by molar-refractivity contribution is -0.251. The van der Waals surface area contributed by atoms with Gasteiger partial charge in [0.15, 0.2) is 14.6 Å². The molecule has 1 fully saturated rings. The average molecular weight is 1270 g/mol. The Labute approximate surface area is 538 Å². The molecule has 4 aromatic carbocycles. The number of aliphatic hydroxyl groups is 1. The average Bonchev–Trinajstić information content (AvgIpc) is 1.99. The van der Waals surface area contributed by atoms with Gasteiger partial charge in [0.2, 0.25) is 11.8 Å². The van der Waals surface area contributed by atoms with Crippen LogP contribution in [0.4, 0.5) is 9.59 Å². The van der Waals surface area contributed by atoms with Crippen LogP contribution in [0.5, 0.6) is 0 Å². The third-order valence-electron chi connectivity index (χ3n) is 19.2. The highest BCUT2D eigenvalue weighted by Gasteiger charge is 2.52. The molecule has 21 heteroatoms. The normalized spacial score (nSPS) is 17.8. The first-order valence-electron chi connectivity index (χ1n) is 32.8. The van der Waals surface area contributed by atoms with Crippen molar-refractivity contribution in [2.45, 2.75) is 212 Å². The Balaban J connectivity index is 1.07. The van der Waals surface area contributed by atoms with Crippen LogP contribution in [0.15, 0.2) is 102 Å². The number of amides is 4. The van der Waals surface area contributed by atoms with Gasteiger partial charge in [0, 0.05) is 40.9 Å². The standard InChI is InChI=1S/C70H97N7O13Si/c1-14-45(15-2)74(61(79)39-76(47(18-5)19-6)68(83)86-42-57-53-34-26-22-30-49(53)50-31-23-27-35-54(50)57)38-60(78)75(46(16-3)17-4)40-62(80)85-44-59-65(82)66(64(72-73-71)67(88-59)90-91(12,13)70(9,10)11)89-63(81)41-77(48(20-7)21-8)69(84)87-43-58-55-36-28-24-32-51(55)52-33-25-29-37-56(52)58/h22-37,45-48,57-59,64-67,82H,14-21,38-44H2,1-13H3/t59-,64-,65+,66-,67+/m1/s1. The Hall–Kier alpha value is -7.29. The van der Waals surface area contributed by atoms with Crippen LogP contribution in [0, 0.1) is 0 Å². The monoisotopic (exact) mass is 1270 g/mol. The van der Waals surface area contributed by atoms with E-state index in [0.29, 0.717) is 51.4 Å². The van der Waals surface area contributed by atoms with Gasteiger partial charge in [0.05, 0.1) is 0 Å². The molecule has 0 bridgehead atoms. The Kier molecular flexibility index (Phi) is 25.3. The van der Waals surface area contributed by atoms with Crippen LogP contribution in [0.1, 0.15) is 162 Å². The number of aliphatic hydroxyl groups excluding tert-OH is 1. The summed E-state index contributed by atoms with van der Waals surface area (Å²) in [4.78, 5) is 95.7. The summed E-state index contributed by atoms with van der Waals surface area (Å²) in [6, 6.07) is 29.0. The summed E-state index contributed by atoms with van der Waals surface area (Å²) in [5.41, 5.74) is 18.5. The number of carbonyl (C=O) groups excluding carboxylic acids is 6. The fourth-order valence-corrected chi connectivity index (χ4v) is 14.0. The van der Waals surface area contributed by atoms with Gasteiger partial charge in [-0.05, 0) is 120 Å². The van der Waals surface area contributed by atoms with Crippen molar-refractivity contribution >= 4 is 44.3 Å². The molecule has 1 N–H and O–H groups in total. The predicted molar refractivity (Wildman–Crippen MR) is 351 cm³/mol. The largest absolute Gasteiger partial charge is 0.461 e. The first kappa shape index (κ1) is 71.2. The number of fused-ring (bicyclic) bond motifs is 6. The molecule has 0 radical (unpaired) electrons. The fourth-order valence-electron chi connectivity index (χ4n) is 12.9. The van der Waals surface area contributed by atoms with Gasteiger partial charge in [0.25, 0.3) is 0 Å². The van der Waals surface area contributed by atoms with E-state index in [-0.39, 0.29) is 37.6 Å². The summed E-state index contributed by atoms with van der Waals surface area (Å²) in [5, 5.41) is 15.8. The molecular formula is C70H97N7O13Si. The highest BCUT2D eigenvalue weighted by molar-refractivity contribution is 6.74. The summed E-state index contributed by atoms with van der Waals surface area (Å²) in [7, 11) is -2.81. The topological polar surface area (TPSA) is 240 Å². The summed E-state index contributed by atoms with van der Waals surface area (Å²) in [5.74, 6) is -3.18. The number of carbonyl (C=O) groups is 6. The molecule has 494 valence electrons. The maximum absolute atomic E-state index is 14.9. The van der Waals surface area contributed by atoms with Crippen molar-refractivity contribution in [3.8, 4) is 22.3 Å². The number of nitrogens with zero attached hydrogens (tertiary/aromatic N) is 7. The number of azide groups is 1. The van der Waals surface area contributed by atoms with E-state index in [1.807, 2.05) is 174 Å². The summed E-state index contributed by atoms with van der Waals surface area (Å²) < 4.78 is 37.3.